The van der Waals surface area contributed by atoms with Crippen molar-refractivity contribution in [2.75, 3.05) is 12.0 Å². The number of Topliss-reactive ketones (excluding diaryl/α,β-unsaturated/α-hetero) is 1. The van der Waals surface area contributed by atoms with Gasteiger partial charge in [0, 0.05) is 5.56 Å². The number of aliphatic hydroxyl groups excluding tert-OH is 1. The molecule has 7 heteroatoms. The summed E-state index contributed by atoms with van der Waals surface area (Å²) in [4.78, 5) is 36.3. The van der Waals surface area contributed by atoms with Crippen molar-refractivity contribution < 1.29 is 19.4 Å². The molecule has 0 radical (unpaired) electrons. The Morgan fingerprint density at radius 1 is 0.921 bits per heavy atom. The molecule has 38 heavy (non-hydrogen) atoms. The average Bonchev–Trinajstić information content (AvgIpc) is 3.45. The van der Waals surface area contributed by atoms with Crippen LogP contribution in [0.4, 0.5) is 5.95 Å². The lowest BCUT2D eigenvalue weighted by atomic mass is 9.94. The van der Waals surface area contributed by atoms with Crippen LogP contribution in [0.25, 0.3) is 27.6 Å². The van der Waals surface area contributed by atoms with Gasteiger partial charge in [0.05, 0.1) is 29.8 Å². The van der Waals surface area contributed by atoms with E-state index in [-0.39, 0.29) is 17.3 Å². The van der Waals surface area contributed by atoms with Gasteiger partial charge in [0.2, 0.25) is 5.95 Å². The lowest BCUT2D eigenvalue weighted by molar-refractivity contribution is -0.132. The van der Waals surface area contributed by atoms with Gasteiger partial charge in [-0.15, -0.1) is 0 Å². The molecule has 1 atom stereocenters. The quantitative estimate of drug-likeness (QED) is 0.179. The van der Waals surface area contributed by atoms with Crippen LogP contribution >= 0.6 is 0 Å². The van der Waals surface area contributed by atoms with Crippen LogP contribution in [-0.2, 0) is 9.59 Å². The van der Waals surface area contributed by atoms with Crippen molar-refractivity contribution in [3.05, 3.63) is 107 Å². The second-order valence-corrected chi connectivity index (χ2v) is 9.52. The molecule has 4 aromatic carbocycles. The second-order valence-electron chi connectivity index (χ2n) is 9.52. The van der Waals surface area contributed by atoms with E-state index in [1.54, 1.807) is 37.4 Å². The predicted octanol–water partition coefficient (Wildman–Crippen LogP) is 5.97. The minimum Gasteiger partial charge on any atom is -0.507 e. The number of hydrogen-bond donors (Lipinski definition) is 2. The largest absolute Gasteiger partial charge is 0.507 e. The number of anilines is 1. The van der Waals surface area contributed by atoms with Gasteiger partial charge in [-0.2, -0.15) is 0 Å². The molecule has 1 unspecified atom stereocenters. The van der Waals surface area contributed by atoms with E-state index in [1.807, 2.05) is 62.4 Å². The molecule has 188 valence electrons. The normalized spacial score (nSPS) is 17.0. The lowest BCUT2D eigenvalue weighted by Crippen LogP contribution is -2.30. The number of aromatic nitrogens is 2. The number of aryl methyl sites for hydroxylation is 2. The Kier molecular flexibility index (Phi) is 5.49. The van der Waals surface area contributed by atoms with Crippen molar-refractivity contribution in [1.82, 2.24) is 9.97 Å². The van der Waals surface area contributed by atoms with Crippen molar-refractivity contribution in [2.24, 2.45) is 0 Å². The highest BCUT2D eigenvalue weighted by molar-refractivity contribution is 6.51. The van der Waals surface area contributed by atoms with E-state index in [9.17, 15) is 14.7 Å². The number of ether oxygens (including phenoxy) is 1. The topological polar surface area (TPSA) is 95.5 Å². The van der Waals surface area contributed by atoms with Crippen molar-refractivity contribution >= 4 is 45.2 Å². The summed E-state index contributed by atoms with van der Waals surface area (Å²) >= 11 is 0. The summed E-state index contributed by atoms with van der Waals surface area (Å²) < 4.78 is 5.42. The van der Waals surface area contributed by atoms with Gasteiger partial charge in [-0.3, -0.25) is 14.5 Å². The number of nitrogens with zero attached hydrogens (tertiary/aromatic N) is 2. The number of H-pyrrole nitrogens is 1. The smallest absolute Gasteiger partial charge is 0.302 e. The molecule has 0 saturated carbocycles. The van der Waals surface area contributed by atoms with Crippen LogP contribution in [0.1, 0.15) is 28.3 Å². The number of methoxy groups -OCH3 is 1. The molecule has 0 bridgehead atoms. The SMILES string of the molecule is COc1cccc(C2/C(=C(\O)c3ccc4ccccc4c3)C(=O)C(=O)N2c2nc3cc(C)c(C)cc3[nH]2)c1. The van der Waals surface area contributed by atoms with Crippen LogP contribution in [0.5, 0.6) is 5.75 Å². The summed E-state index contributed by atoms with van der Waals surface area (Å²) in [7, 11) is 1.55. The van der Waals surface area contributed by atoms with Gasteiger partial charge in [-0.1, -0.05) is 48.5 Å². The minimum atomic E-state index is -0.917. The Labute approximate surface area is 219 Å². The Bertz CT molecular complexity index is 1760. The van der Waals surface area contributed by atoms with Crippen LogP contribution in [0.15, 0.2) is 84.4 Å². The molecule has 0 aliphatic carbocycles. The number of aromatic amines is 1. The molecular formula is C31H25N3O4. The zero-order valence-electron chi connectivity index (χ0n) is 21.1. The molecule has 2 N–H and O–H groups in total. The molecule has 1 aliphatic heterocycles. The third kappa shape index (κ3) is 3.71. The first-order chi connectivity index (χ1) is 18.4. The van der Waals surface area contributed by atoms with Crippen LogP contribution in [0, 0.1) is 13.8 Å². The van der Waals surface area contributed by atoms with Crippen molar-refractivity contribution in [2.45, 2.75) is 19.9 Å². The Morgan fingerprint density at radius 3 is 2.47 bits per heavy atom. The summed E-state index contributed by atoms with van der Waals surface area (Å²) in [5.74, 6) is -0.997. The molecule has 1 saturated heterocycles. The van der Waals surface area contributed by atoms with Gasteiger partial charge in [-0.25, -0.2) is 4.98 Å². The fourth-order valence-electron chi connectivity index (χ4n) is 5.04. The van der Waals surface area contributed by atoms with E-state index in [4.69, 9.17) is 4.74 Å². The zero-order chi connectivity index (χ0) is 26.6. The number of fused-ring (bicyclic) bond motifs is 2. The van der Waals surface area contributed by atoms with Gasteiger partial charge < -0.3 is 14.8 Å². The summed E-state index contributed by atoms with van der Waals surface area (Å²) in [6.45, 7) is 4.00. The number of amides is 1. The van der Waals surface area contributed by atoms with Gasteiger partial charge in [0.15, 0.2) is 0 Å². The number of carbonyl (C=O) groups is 2. The van der Waals surface area contributed by atoms with Gasteiger partial charge in [0.25, 0.3) is 5.78 Å². The summed E-state index contributed by atoms with van der Waals surface area (Å²) in [6, 6.07) is 23.3. The number of imidazole rings is 1. The minimum absolute atomic E-state index is 0.00801. The van der Waals surface area contributed by atoms with Gasteiger partial charge >= 0.3 is 5.91 Å². The number of nitrogens with one attached hydrogen (secondary N) is 1. The van der Waals surface area contributed by atoms with Crippen LogP contribution in [0.3, 0.4) is 0 Å². The standard InChI is InChI=1S/C31H25N3O4/c1-17-13-24-25(14-18(17)2)33-31(32-24)34-27(21-9-6-10-23(16-21)38-3)26(29(36)30(34)37)28(35)22-12-11-19-7-4-5-8-20(19)15-22/h4-16,27,35H,1-3H3,(H,32,33)/b28-26+. The lowest BCUT2D eigenvalue weighted by Gasteiger charge is -2.23. The zero-order valence-corrected chi connectivity index (χ0v) is 21.1. The number of aliphatic hydroxyl groups is 1. The van der Waals surface area contributed by atoms with Crippen LogP contribution in [0.2, 0.25) is 0 Å². The maximum atomic E-state index is 13.6. The number of carbonyl (C=O) groups excluding carboxylic acids is 2. The Morgan fingerprint density at radius 2 is 1.68 bits per heavy atom. The maximum Gasteiger partial charge on any atom is 0.302 e. The van der Waals surface area contributed by atoms with Crippen LogP contribution in [-0.4, -0.2) is 33.9 Å². The van der Waals surface area contributed by atoms with Crippen molar-refractivity contribution in [1.29, 1.82) is 0 Å². The van der Waals surface area contributed by atoms with E-state index in [1.165, 1.54) is 4.90 Å². The molecule has 7 nitrogen and oxygen atoms in total. The first kappa shape index (κ1) is 23.5. The molecule has 5 aromatic rings. The summed E-state index contributed by atoms with van der Waals surface area (Å²) in [5.41, 5.74) is 4.64. The van der Waals surface area contributed by atoms with Gasteiger partial charge in [0.1, 0.15) is 11.5 Å². The Balaban J connectivity index is 1.58. The Hall–Kier alpha value is -4.91. The number of hydrogen-bond acceptors (Lipinski definition) is 5. The third-order valence-corrected chi connectivity index (χ3v) is 7.19. The van der Waals surface area contributed by atoms with E-state index in [0.29, 0.717) is 22.4 Å². The predicted molar refractivity (Wildman–Crippen MR) is 147 cm³/mol. The highest BCUT2D eigenvalue weighted by Gasteiger charge is 2.48. The number of benzene rings is 4. The molecule has 2 heterocycles. The van der Waals surface area contributed by atoms with E-state index < -0.39 is 17.7 Å². The first-order valence-electron chi connectivity index (χ1n) is 12.3. The van der Waals surface area contributed by atoms with Crippen LogP contribution < -0.4 is 9.64 Å². The molecule has 1 amide bonds. The summed E-state index contributed by atoms with van der Waals surface area (Å²) in [5, 5.41) is 13.4. The fraction of sp³-hybridized carbons (Fsp3) is 0.129. The molecule has 1 aliphatic rings. The monoisotopic (exact) mass is 503 g/mol. The van der Waals surface area contributed by atoms with Crippen molar-refractivity contribution in [3.8, 4) is 5.75 Å². The number of ketones is 1. The second kappa shape index (κ2) is 8.88. The third-order valence-electron chi connectivity index (χ3n) is 7.19. The molecule has 0 spiro atoms. The maximum absolute atomic E-state index is 13.6. The highest BCUT2D eigenvalue weighted by atomic mass is 16.5. The fourth-order valence-corrected chi connectivity index (χ4v) is 5.04. The first-order valence-corrected chi connectivity index (χ1v) is 12.3. The van der Waals surface area contributed by atoms with Gasteiger partial charge in [-0.05, 0) is 71.6 Å². The highest BCUT2D eigenvalue weighted by Crippen LogP contribution is 2.42. The van der Waals surface area contributed by atoms with E-state index >= 15 is 0 Å². The molecular weight excluding hydrogens is 478 g/mol. The molecule has 1 fully saturated rings. The van der Waals surface area contributed by atoms with E-state index in [2.05, 4.69) is 9.97 Å². The molecule has 1 aromatic heterocycles. The average molecular weight is 504 g/mol. The van der Waals surface area contributed by atoms with Crippen molar-refractivity contribution in [3.63, 3.8) is 0 Å². The number of rotatable bonds is 4. The van der Waals surface area contributed by atoms with E-state index in [0.717, 1.165) is 27.4 Å². The summed E-state index contributed by atoms with van der Waals surface area (Å²) in [6.07, 6.45) is 0. The molecule has 6 rings (SSSR count).